The van der Waals surface area contributed by atoms with Crippen molar-refractivity contribution >= 4 is 11.9 Å². The number of carbonyl (C=O) groups excluding carboxylic acids is 1. The third kappa shape index (κ3) is 2.58. The lowest BCUT2D eigenvalue weighted by Gasteiger charge is -2.38. The summed E-state index contributed by atoms with van der Waals surface area (Å²) in [7, 11) is 1.51. The van der Waals surface area contributed by atoms with Crippen molar-refractivity contribution in [1.82, 2.24) is 9.88 Å². The normalized spacial score (nSPS) is 15.1. The van der Waals surface area contributed by atoms with Crippen LogP contribution in [-0.2, 0) is 4.79 Å². The maximum absolute atomic E-state index is 12.0. The second kappa shape index (κ2) is 5.03. The molecular weight excluding hydrogens is 236 g/mol. The van der Waals surface area contributed by atoms with Gasteiger partial charge >= 0.3 is 5.97 Å². The van der Waals surface area contributed by atoms with Crippen LogP contribution in [0.4, 0.5) is 0 Å². The average molecular weight is 250 g/mol. The largest absolute Gasteiger partial charge is 0.481 e. The molecule has 1 aromatic heterocycles. The van der Waals surface area contributed by atoms with Crippen molar-refractivity contribution in [2.75, 3.05) is 20.2 Å². The number of likely N-dealkylation sites (tertiary alicyclic amines) is 1. The van der Waals surface area contributed by atoms with Crippen molar-refractivity contribution in [1.29, 1.82) is 0 Å². The minimum Gasteiger partial charge on any atom is -0.481 e. The zero-order chi connectivity index (χ0) is 13.1. The summed E-state index contributed by atoms with van der Waals surface area (Å²) < 4.78 is 4.91. The fourth-order valence-corrected chi connectivity index (χ4v) is 1.92. The summed E-state index contributed by atoms with van der Waals surface area (Å²) in [5.74, 6) is -0.415. The third-order valence-electron chi connectivity index (χ3n) is 2.90. The fraction of sp³-hybridized carbons (Fsp3) is 0.417. The molecule has 1 aliphatic heterocycles. The molecule has 6 nitrogen and oxygen atoms in total. The average Bonchev–Trinajstić information content (AvgIpc) is 2.32. The number of ether oxygens (including phenoxy) is 1. The number of hydrogen-bond acceptors (Lipinski definition) is 4. The number of pyridine rings is 1. The van der Waals surface area contributed by atoms with Crippen LogP contribution in [-0.4, -0.2) is 47.1 Å². The first-order chi connectivity index (χ1) is 8.60. The van der Waals surface area contributed by atoms with Crippen molar-refractivity contribution in [2.45, 2.75) is 6.42 Å². The lowest BCUT2D eigenvalue weighted by molar-refractivity contribution is -0.139. The number of amides is 1. The molecule has 2 heterocycles. The van der Waals surface area contributed by atoms with E-state index in [0.717, 1.165) is 0 Å². The number of rotatable bonds is 4. The van der Waals surface area contributed by atoms with Gasteiger partial charge in [0.25, 0.3) is 5.91 Å². The SMILES string of the molecule is COc1ccc(C(=O)N2CC(CC(=O)O)C2)cn1. The van der Waals surface area contributed by atoms with E-state index in [2.05, 4.69) is 4.98 Å². The molecule has 96 valence electrons. The van der Waals surface area contributed by atoms with Crippen LogP contribution in [0.5, 0.6) is 5.88 Å². The Hall–Kier alpha value is -2.11. The molecule has 1 aliphatic rings. The summed E-state index contributed by atoms with van der Waals surface area (Å²) in [4.78, 5) is 28.0. The minimum absolute atomic E-state index is 0.0673. The lowest BCUT2D eigenvalue weighted by Crippen LogP contribution is -2.50. The van der Waals surface area contributed by atoms with E-state index in [9.17, 15) is 9.59 Å². The molecule has 18 heavy (non-hydrogen) atoms. The van der Waals surface area contributed by atoms with E-state index in [1.165, 1.54) is 13.3 Å². The Kier molecular flexibility index (Phi) is 3.45. The summed E-state index contributed by atoms with van der Waals surface area (Å²) in [6.45, 7) is 0.994. The predicted molar refractivity (Wildman–Crippen MR) is 62.4 cm³/mol. The van der Waals surface area contributed by atoms with E-state index in [4.69, 9.17) is 9.84 Å². The number of aromatic nitrogens is 1. The maximum Gasteiger partial charge on any atom is 0.303 e. The van der Waals surface area contributed by atoms with Gasteiger partial charge in [-0.25, -0.2) is 4.98 Å². The second-order valence-electron chi connectivity index (χ2n) is 4.26. The number of hydrogen-bond donors (Lipinski definition) is 1. The van der Waals surface area contributed by atoms with Crippen molar-refractivity contribution in [3.05, 3.63) is 23.9 Å². The third-order valence-corrected chi connectivity index (χ3v) is 2.90. The van der Waals surface area contributed by atoms with Gasteiger partial charge in [-0.3, -0.25) is 9.59 Å². The van der Waals surface area contributed by atoms with E-state index in [0.29, 0.717) is 24.5 Å². The van der Waals surface area contributed by atoms with Crippen LogP contribution in [0.25, 0.3) is 0 Å². The Morgan fingerprint density at radius 3 is 2.72 bits per heavy atom. The van der Waals surface area contributed by atoms with Gasteiger partial charge in [0.1, 0.15) is 0 Å². The molecule has 0 atom stereocenters. The summed E-state index contributed by atoms with van der Waals surface area (Å²) in [6.07, 6.45) is 1.58. The van der Waals surface area contributed by atoms with Crippen LogP contribution in [0.3, 0.4) is 0 Å². The first-order valence-electron chi connectivity index (χ1n) is 5.61. The van der Waals surface area contributed by atoms with Gasteiger partial charge in [-0.2, -0.15) is 0 Å². The number of methoxy groups -OCH3 is 1. The van der Waals surface area contributed by atoms with E-state index in [-0.39, 0.29) is 18.2 Å². The topological polar surface area (TPSA) is 79.7 Å². The zero-order valence-electron chi connectivity index (χ0n) is 10.00. The van der Waals surface area contributed by atoms with Gasteiger partial charge in [-0.1, -0.05) is 0 Å². The van der Waals surface area contributed by atoms with Crippen LogP contribution in [0.1, 0.15) is 16.8 Å². The number of carboxylic acids is 1. The molecule has 1 fully saturated rings. The smallest absolute Gasteiger partial charge is 0.303 e. The van der Waals surface area contributed by atoms with E-state index in [1.54, 1.807) is 17.0 Å². The van der Waals surface area contributed by atoms with Crippen LogP contribution in [0.15, 0.2) is 18.3 Å². The Morgan fingerprint density at radius 2 is 2.22 bits per heavy atom. The predicted octanol–water partition coefficient (Wildman–Crippen LogP) is 0.637. The molecule has 1 saturated heterocycles. The van der Waals surface area contributed by atoms with Crippen molar-refractivity contribution in [3.63, 3.8) is 0 Å². The van der Waals surface area contributed by atoms with Crippen molar-refractivity contribution in [3.8, 4) is 5.88 Å². The maximum atomic E-state index is 12.0. The highest BCUT2D eigenvalue weighted by atomic mass is 16.5. The summed E-state index contributed by atoms with van der Waals surface area (Å²) >= 11 is 0. The molecule has 0 saturated carbocycles. The van der Waals surface area contributed by atoms with Gasteiger partial charge in [0, 0.05) is 31.3 Å². The molecule has 0 bridgehead atoms. The molecule has 0 spiro atoms. The minimum atomic E-state index is -0.821. The molecule has 0 aliphatic carbocycles. The molecule has 0 radical (unpaired) electrons. The number of aliphatic carboxylic acids is 1. The molecule has 1 aromatic rings. The quantitative estimate of drug-likeness (QED) is 0.848. The molecule has 1 amide bonds. The van der Waals surface area contributed by atoms with Gasteiger partial charge in [-0.15, -0.1) is 0 Å². The van der Waals surface area contributed by atoms with Gasteiger partial charge < -0.3 is 14.7 Å². The monoisotopic (exact) mass is 250 g/mol. The Morgan fingerprint density at radius 1 is 1.50 bits per heavy atom. The lowest BCUT2D eigenvalue weighted by atomic mass is 9.95. The summed E-state index contributed by atoms with van der Waals surface area (Å²) in [5.41, 5.74) is 0.490. The highest BCUT2D eigenvalue weighted by molar-refractivity contribution is 5.94. The van der Waals surface area contributed by atoms with Crippen LogP contribution < -0.4 is 4.74 Å². The van der Waals surface area contributed by atoms with Gasteiger partial charge in [0.2, 0.25) is 5.88 Å². The molecule has 2 rings (SSSR count). The highest BCUT2D eigenvalue weighted by Crippen LogP contribution is 2.21. The number of carboxylic acid groups (broad SMARTS) is 1. The standard InChI is InChI=1S/C12H14N2O4/c1-18-10-3-2-9(5-13-10)12(17)14-6-8(7-14)4-11(15)16/h2-3,5,8H,4,6-7H2,1H3,(H,15,16). The van der Waals surface area contributed by atoms with Crippen molar-refractivity contribution in [2.24, 2.45) is 5.92 Å². The zero-order valence-corrected chi connectivity index (χ0v) is 10.00. The van der Waals surface area contributed by atoms with E-state index in [1.807, 2.05) is 0 Å². The first-order valence-corrected chi connectivity index (χ1v) is 5.61. The molecule has 0 aromatic carbocycles. The second-order valence-corrected chi connectivity index (χ2v) is 4.26. The van der Waals surface area contributed by atoms with Crippen LogP contribution in [0.2, 0.25) is 0 Å². The van der Waals surface area contributed by atoms with Crippen LogP contribution >= 0.6 is 0 Å². The Bertz CT molecular complexity index is 452. The Labute approximate surface area is 104 Å². The fourth-order valence-electron chi connectivity index (χ4n) is 1.92. The van der Waals surface area contributed by atoms with Gasteiger partial charge in [0.15, 0.2) is 0 Å². The van der Waals surface area contributed by atoms with E-state index >= 15 is 0 Å². The molecule has 6 heteroatoms. The number of nitrogens with zero attached hydrogens (tertiary/aromatic N) is 2. The molecule has 0 unspecified atom stereocenters. The Balaban J connectivity index is 1.91. The van der Waals surface area contributed by atoms with Gasteiger partial charge in [-0.05, 0) is 6.07 Å². The van der Waals surface area contributed by atoms with E-state index < -0.39 is 5.97 Å². The molecular formula is C12H14N2O4. The molecule has 1 N–H and O–H groups in total. The van der Waals surface area contributed by atoms with Gasteiger partial charge in [0.05, 0.1) is 19.1 Å². The first kappa shape index (κ1) is 12.3. The number of carbonyl (C=O) groups is 2. The summed E-state index contributed by atoms with van der Waals surface area (Å²) in [5, 5.41) is 8.62. The van der Waals surface area contributed by atoms with Crippen LogP contribution in [0, 0.1) is 5.92 Å². The summed E-state index contributed by atoms with van der Waals surface area (Å²) in [6, 6.07) is 3.28. The highest BCUT2D eigenvalue weighted by Gasteiger charge is 2.32. The van der Waals surface area contributed by atoms with Crippen molar-refractivity contribution < 1.29 is 19.4 Å².